The predicted octanol–water partition coefficient (Wildman–Crippen LogP) is 3.47. The van der Waals surface area contributed by atoms with Gasteiger partial charge in [-0.3, -0.25) is 9.78 Å². The van der Waals surface area contributed by atoms with E-state index in [9.17, 15) is 4.79 Å². The molecule has 6 heteroatoms. The molecule has 0 aliphatic heterocycles. The van der Waals surface area contributed by atoms with Gasteiger partial charge in [0.25, 0.3) is 5.91 Å². The lowest BCUT2D eigenvalue weighted by atomic mass is 10.2. The Balaban J connectivity index is 1.65. The first-order chi connectivity index (χ1) is 12.7. The molecule has 0 unspecified atom stereocenters. The molecule has 0 spiro atoms. The fourth-order valence-corrected chi connectivity index (χ4v) is 2.45. The van der Waals surface area contributed by atoms with Crippen molar-refractivity contribution in [3.05, 3.63) is 77.9 Å². The molecule has 0 saturated heterocycles. The molecule has 26 heavy (non-hydrogen) atoms. The Kier molecular flexibility index (Phi) is 5.43. The Morgan fingerprint density at radius 1 is 1.12 bits per heavy atom. The van der Waals surface area contributed by atoms with E-state index in [1.54, 1.807) is 31.8 Å². The number of aromatic nitrogens is 2. The van der Waals surface area contributed by atoms with Gasteiger partial charge in [0.05, 0.1) is 24.7 Å². The Labute approximate surface area is 152 Å². The maximum atomic E-state index is 12.2. The summed E-state index contributed by atoms with van der Waals surface area (Å²) in [5, 5.41) is 6.10. The summed E-state index contributed by atoms with van der Waals surface area (Å²) in [5.41, 5.74) is 4.09. The van der Waals surface area contributed by atoms with Crippen LogP contribution in [0.15, 0.2) is 61.1 Å². The van der Waals surface area contributed by atoms with Crippen LogP contribution < -0.4 is 15.4 Å². The van der Waals surface area contributed by atoms with Gasteiger partial charge < -0.3 is 15.4 Å². The van der Waals surface area contributed by atoms with Crippen molar-refractivity contribution < 1.29 is 9.53 Å². The molecule has 0 bridgehead atoms. The number of anilines is 2. The summed E-state index contributed by atoms with van der Waals surface area (Å²) < 4.78 is 5.36. The lowest BCUT2D eigenvalue weighted by molar-refractivity contribution is 0.0946. The average molecular weight is 348 g/mol. The lowest BCUT2D eigenvalue weighted by Gasteiger charge is -2.12. The third-order valence-corrected chi connectivity index (χ3v) is 3.83. The fraction of sp³-hybridized carbons (Fsp3) is 0.150. The number of carbonyl (C=O) groups is 1. The van der Waals surface area contributed by atoms with Crippen molar-refractivity contribution in [3.8, 4) is 5.75 Å². The number of nitrogens with zero attached hydrogens (tertiary/aromatic N) is 2. The largest absolute Gasteiger partial charge is 0.495 e. The number of hydrogen-bond acceptors (Lipinski definition) is 5. The highest BCUT2D eigenvalue weighted by Gasteiger charge is 2.08. The van der Waals surface area contributed by atoms with Crippen LogP contribution in [-0.4, -0.2) is 23.0 Å². The van der Waals surface area contributed by atoms with E-state index >= 15 is 0 Å². The van der Waals surface area contributed by atoms with Crippen LogP contribution in [-0.2, 0) is 6.54 Å². The van der Waals surface area contributed by atoms with E-state index in [0.717, 1.165) is 28.3 Å². The molecule has 0 saturated carbocycles. The zero-order valence-electron chi connectivity index (χ0n) is 14.7. The van der Waals surface area contributed by atoms with E-state index in [1.807, 2.05) is 43.3 Å². The van der Waals surface area contributed by atoms with E-state index in [1.165, 1.54) is 0 Å². The van der Waals surface area contributed by atoms with E-state index in [0.29, 0.717) is 12.2 Å². The maximum absolute atomic E-state index is 12.2. The zero-order valence-corrected chi connectivity index (χ0v) is 14.7. The summed E-state index contributed by atoms with van der Waals surface area (Å²) in [7, 11) is 1.63. The fourth-order valence-electron chi connectivity index (χ4n) is 2.45. The van der Waals surface area contributed by atoms with Gasteiger partial charge in [0.1, 0.15) is 11.4 Å². The van der Waals surface area contributed by atoms with Gasteiger partial charge in [0, 0.05) is 18.9 Å². The average Bonchev–Trinajstić information content (AvgIpc) is 2.68. The number of carbonyl (C=O) groups excluding carboxylic acids is 1. The summed E-state index contributed by atoms with van der Waals surface area (Å²) in [6.45, 7) is 2.45. The SMILES string of the molecule is COc1ccc(C)cc1Nc1ccc(C(=O)NCc2ccncc2)nc1. The highest BCUT2D eigenvalue weighted by molar-refractivity contribution is 5.92. The first kappa shape index (κ1) is 17.4. The molecule has 2 heterocycles. The highest BCUT2D eigenvalue weighted by atomic mass is 16.5. The minimum Gasteiger partial charge on any atom is -0.495 e. The number of hydrogen-bond donors (Lipinski definition) is 2. The van der Waals surface area contributed by atoms with Gasteiger partial charge in [-0.05, 0) is 54.4 Å². The highest BCUT2D eigenvalue weighted by Crippen LogP contribution is 2.28. The molecule has 3 aromatic rings. The van der Waals surface area contributed by atoms with Crippen LogP contribution in [0.3, 0.4) is 0 Å². The number of amides is 1. The Morgan fingerprint density at radius 3 is 2.62 bits per heavy atom. The number of pyridine rings is 2. The minimum atomic E-state index is -0.221. The van der Waals surface area contributed by atoms with Crippen LogP contribution in [0, 0.1) is 6.92 Å². The van der Waals surface area contributed by atoms with E-state index in [4.69, 9.17) is 4.74 Å². The van der Waals surface area contributed by atoms with Crippen LogP contribution in [0.4, 0.5) is 11.4 Å². The first-order valence-corrected chi connectivity index (χ1v) is 8.20. The number of benzene rings is 1. The maximum Gasteiger partial charge on any atom is 0.270 e. The van der Waals surface area contributed by atoms with Crippen molar-refractivity contribution in [2.24, 2.45) is 0 Å². The minimum absolute atomic E-state index is 0.221. The normalized spacial score (nSPS) is 10.2. The predicted molar refractivity (Wildman–Crippen MR) is 101 cm³/mol. The summed E-state index contributed by atoms with van der Waals surface area (Å²) in [6.07, 6.45) is 5.02. The molecule has 6 nitrogen and oxygen atoms in total. The topological polar surface area (TPSA) is 76.1 Å². The second-order valence-electron chi connectivity index (χ2n) is 5.80. The lowest BCUT2D eigenvalue weighted by Crippen LogP contribution is -2.23. The van der Waals surface area contributed by atoms with Crippen LogP contribution in [0.25, 0.3) is 0 Å². The Bertz CT molecular complexity index is 880. The Hall–Kier alpha value is -3.41. The Morgan fingerprint density at radius 2 is 1.92 bits per heavy atom. The smallest absolute Gasteiger partial charge is 0.270 e. The third-order valence-electron chi connectivity index (χ3n) is 3.83. The van der Waals surface area contributed by atoms with Crippen molar-refractivity contribution in [1.82, 2.24) is 15.3 Å². The summed E-state index contributed by atoms with van der Waals surface area (Å²) >= 11 is 0. The molecule has 132 valence electrons. The van der Waals surface area contributed by atoms with E-state index in [2.05, 4.69) is 20.6 Å². The van der Waals surface area contributed by atoms with Crippen LogP contribution in [0.1, 0.15) is 21.6 Å². The molecule has 0 fully saturated rings. The molecule has 1 amide bonds. The quantitative estimate of drug-likeness (QED) is 0.713. The van der Waals surface area contributed by atoms with Crippen molar-refractivity contribution in [2.45, 2.75) is 13.5 Å². The number of methoxy groups -OCH3 is 1. The summed E-state index contributed by atoms with van der Waals surface area (Å²) in [6, 6.07) is 13.1. The van der Waals surface area contributed by atoms with Gasteiger partial charge >= 0.3 is 0 Å². The molecule has 0 aliphatic rings. The number of nitrogens with one attached hydrogen (secondary N) is 2. The van der Waals surface area contributed by atoms with Gasteiger partial charge in [0.15, 0.2) is 0 Å². The monoisotopic (exact) mass is 348 g/mol. The van der Waals surface area contributed by atoms with E-state index < -0.39 is 0 Å². The van der Waals surface area contributed by atoms with Gasteiger partial charge in [-0.1, -0.05) is 6.07 Å². The van der Waals surface area contributed by atoms with E-state index in [-0.39, 0.29) is 5.91 Å². The standard InChI is InChI=1S/C20H20N4O2/c1-14-3-6-19(26-2)18(11-14)24-16-4-5-17(22-13-16)20(25)23-12-15-7-9-21-10-8-15/h3-11,13,24H,12H2,1-2H3,(H,23,25). The zero-order chi connectivity index (χ0) is 18.4. The second kappa shape index (κ2) is 8.11. The van der Waals surface area contributed by atoms with Gasteiger partial charge in [-0.25, -0.2) is 4.98 Å². The number of rotatable bonds is 6. The molecular weight excluding hydrogens is 328 g/mol. The van der Waals surface area contributed by atoms with Crippen molar-refractivity contribution >= 4 is 17.3 Å². The molecule has 0 atom stereocenters. The molecule has 1 aromatic carbocycles. The van der Waals surface area contributed by atoms with Crippen LogP contribution in [0.2, 0.25) is 0 Å². The van der Waals surface area contributed by atoms with Crippen LogP contribution in [0.5, 0.6) is 5.75 Å². The molecule has 2 N–H and O–H groups in total. The molecular formula is C20H20N4O2. The number of ether oxygens (including phenoxy) is 1. The van der Waals surface area contributed by atoms with Crippen LogP contribution >= 0.6 is 0 Å². The summed E-state index contributed by atoms with van der Waals surface area (Å²) in [5.74, 6) is 0.524. The van der Waals surface area contributed by atoms with Crippen molar-refractivity contribution in [2.75, 3.05) is 12.4 Å². The second-order valence-corrected chi connectivity index (χ2v) is 5.80. The third kappa shape index (κ3) is 4.36. The molecule has 3 rings (SSSR count). The molecule has 0 radical (unpaired) electrons. The van der Waals surface area contributed by atoms with Gasteiger partial charge in [-0.2, -0.15) is 0 Å². The van der Waals surface area contributed by atoms with Crippen molar-refractivity contribution in [3.63, 3.8) is 0 Å². The van der Waals surface area contributed by atoms with Crippen molar-refractivity contribution in [1.29, 1.82) is 0 Å². The molecule has 2 aromatic heterocycles. The van der Waals surface area contributed by atoms with Gasteiger partial charge in [0.2, 0.25) is 0 Å². The first-order valence-electron chi connectivity index (χ1n) is 8.20. The van der Waals surface area contributed by atoms with Gasteiger partial charge in [-0.15, -0.1) is 0 Å². The molecule has 0 aliphatic carbocycles. The number of aryl methyl sites for hydroxylation is 1. The summed E-state index contributed by atoms with van der Waals surface area (Å²) in [4.78, 5) is 20.4.